The van der Waals surface area contributed by atoms with Gasteiger partial charge in [-0.2, -0.15) is 0 Å². The van der Waals surface area contributed by atoms with E-state index in [0.29, 0.717) is 11.4 Å². The highest BCUT2D eigenvalue weighted by molar-refractivity contribution is 6.31. The first kappa shape index (κ1) is 11.6. The lowest BCUT2D eigenvalue weighted by molar-refractivity contribution is 1.45. The minimum Gasteiger partial charge on any atom is -0.397 e. The first-order valence-corrected chi connectivity index (χ1v) is 5.62. The van der Waals surface area contributed by atoms with Crippen molar-refractivity contribution in [2.45, 2.75) is 6.92 Å². The second kappa shape index (κ2) is 4.55. The fourth-order valence-corrected chi connectivity index (χ4v) is 1.67. The molecule has 0 saturated heterocycles. The summed E-state index contributed by atoms with van der Waals surface area (Å²) in [5.74, 6) is 0. The third-order valence-corrected chi connectivity index (χ3v) is 2.95. The van der Waals surface area contributed by atoms with E-state index in [1.807, 2.05) is 31.2 Å². The van der Waals surface area contributed by atoms with Gasteiger partial charge in [-0.15, -0.1) is 0 Å². The van der Waals surface area contributed by atoms with Crippen molar-refractivity contribution in [2.24, 2.45) is 0 Å². The molecule has 2 aromatic carbocycles. The smallest absolute Gasteiger partial charge is 0.0568 e. The molecular weight excluding hydrogens is 234 g/mol. The Hall–Kier alpha value is -1.87. The molecule has 0 amide bonds. The van der Waals surface area contributed by atoms with Crippen LogP contribution in [0.5, 0.6) is 0 Å². The zero-order chi connectivity index (χ0) is 12.4. The Morgan fingerprint density at radius 1 is 0.941 bits per heavy atom. The van der Waals surface area contributed by atoms with E-state index in [9.17, 15) is 0 Å². The molecule has 0 bridgehead atoms. The van der Waals surface area contributed by atoms with Crippen molar-refractivity contribution in [3.63, 3.8) is 0 Å². The van der Waals surface area contributed by atoms with E-state index in [1.54, 1.807) is 12.1 Å². The van der Waals surface area contributed by atoms with Gasteiger partial charge < -0.3 is 16.8 Å². The van der Waals surface area contributed by atoms with Crippen LogP contribution in [0.3, 0.4) is 0 Å². The number of nitrogens with two attached hydrogens (primary N) is 2. The molecule has 0 aliphatic carbocycles. The van der Waals surface area contributed by atoms with Crippen molar-refractivity contribution in [1.29, 1.82) is 0 Å². The van der Waals surface area contributed by atoms with Gasteiger partial charge in [0.1, 0.15) is 0 Å². The first-order valence-electron chi connectivity index (χ1n) is 5.24. The SMILES string of the molecule is Cc1ccc(Nc2ccc(N)c(N)c2)cc1Cl. The van der Waals surface area contributed by atoms with Crippen molar-refractivity contribution >= 4 is 34.4 Å². The maximum absolute atomic E-state index is 6.05. The van der Waals surface area contributed by atoms with Crippen molar-refractivity contribution in [1.82, 2.24) is 0 Å². The van der Waals surface area contributed by atoms with Gasteiger partial charge in [0.25, 0.3) is 0 Å². The number of nitrogens with one attached hydrogen (secondary N) is 1. The maximum Gasteiger partial charge on any atom is 0.0568 e. The molecule has 2 aromatic rings. The summed E-state index contributed by atoms with van der Waals surface area (Å²) < 4.78 is 0. The fraction of sp³-hybridized carbons (Fsp3) is 0.0769. The summed E-state index contributed by atoms with van der Waals surface area (Å²) in [6, 6.07) is 11.2. The van der Waals surface area contributed by atoms with Gasteiger partial charge in [0.15, 0.2) is 0 Å². The highest BCUT2D eigenvalue weighted by Crippen LogP contribution is 2.25. The molecule has 17 heavy (non-hydrogen) atoms. The summed E-state index contributed by atoms with van der Waals surface area (Å²) in [5.41, 5.74) is 15.4. The van der Waals surface area contributed by atoms with Gasteiger partial charge in [-0.1, -0.05) is 17.7 Å². The van der Waals surface area contributed by atoms with Crippen LogP contribution >= 0.6 is 11.6 Å². The molecule has 0 aliphatic rings. The zero-order valence-corrected chi connectivity index (χ0v) is 10.3. The van der Waals surface area contributed by atoms with Crippen LogP contribution < -0.4 is 16.8 Å². The summed E-state index contributed by atoms with van der Waals surface area (Å²) >= 11 is 6.05. The Morgan fingerprint density at radius 2 is 1.59 bits per heavy atom. The molecule has 0 unspecified atom stereocenters. The minimum atomic E-state index is 0.563. The van der Waals surface area contributed by atoms with Crippen LogP contribution in [-0.2, 0) is 0 Å². The molecule has 0 aromatic heterocycles. The lowest BCUT2D eigenvalue weighted by atomic mass is 10.2. The quantitative estimate of drug-likeness (QED) is 0.711. The number of hydrogen-bond donors (Lipinski definition) is 3. The topological polar surface area (TPSA) is 64.1 Å². The normalized spacial score (nSPS) is 10.2. The Kier molecular flexibility index (Phi) is 3.11. The van der Waals surface area contributed by atoms with Gasteiger partial charge in [-0.05, 0) is 42.8 Å². The molecule has 88 valence electrons. The molecule has 4 heteroatoms. The van der Waals surface area contributed by atoms with E-state index < -0.39 is 0 Å². The number of rotatable bonds is 2. The van der Waals surface area contributed by atoms with E-state index in [1.165, 1.54) is 0 Å². The van der Waals surface area contributed by atoms with Crippen molar-refractivity contribution in [3.8, 4) is 0 Å². The summed E-state index contributed by atoms with van der Waals surface area (Å²) in [4.78, 5) is 0. The van der Waals surface area contributed by atoms with E-state index in [0.717, 1.165) is 22.0 Å². The van der Waals surface area contributed by atoms with Crippen LogP contribution in [0.2, 0.25) is 5.02 Å². The second-order valence-electron chi connectivity index (χ2n) is 3.93. The van der Waals surface area contributed by atoms with E-state index in [4.69, 9.17) is 23.1 Å². The maximum atomic E-state index is 6.05. The molecule has 0 radical (unpaired) electrons. The van der Waals surface area contributed by atoms with Crippen LogP contribution in [0, 0.1) is 6.92 Å². The highest BCUT2D eigenvalue weighted by Gasteiger charge is 2.00. The molecule has 0 spiro atoms. The van der Waals surface area contributed by atoms with Gasteiger partial charge >= 0.3 is 0 Å². The Balaban J connectivity index is 2.25. The van der Waals surface area contributed by atoms with Crippen molar-refractivity contribution in [3.05, 3.63) is 47.0 Å². The standard InChI is InChI=1S/C13H14ClN3/c1-8-2-3-9(6-11(8)14)17-10-4-5-12(15)13(16)7-10/h2-7,17H,15-16H2,1H3. The third-order valence-electron chi connectivity index (χ3n) is 2.55. The number of anilines is 4. The van der Waals surface area contributed by atoms with Crippen molar-refractivity contribution in [2.75, 3.05) is 16.8 Å². The zero-order valence-electron chi connectivity index (χ0n) is 9.50. The lowest BCUT2D eigenvalue weighted by Crippen LogP contribution is -1.97. The number of benzene rings is 2. The molecule has 0 heterocycles. The van der Waals surface area contributed by atoms with Gasteiger partial charge in [0.05, 0.1) is 11.4 Å². The van der Waals surface area contributed by atoms with Crippen molar-refractivity contribution < 1.29 is 0 Å². The molecule has 3 nitrogen and oxygen atoms in total. The summed E-state index contributed by atoms with van der Waals surface area (Å²) in [7, 11) is 0. The van der Waals surface area contributed by atoms with Gasteiger partial charge in [-0.25, -0.2) is 0 Å². The Labute approximate surface area is 105 Å². The van der Waals surface area contributed by atoms with Gasteiger partial charge in [0.2, 0.25) is 0 Å². The van der Waals surface area contributed by atoms with Crippen LogP contribution in [0.4, 0.5) is 22.7 Å². The average Bonchev–Trinajstić information content (AvgIpc) is 2.29. The Bertz CT molecular complexity index is 503. The minimum absolute atomic E-state index is 0.563. The van der Waals surface area contributed by atoms with Crippen LogP contribution in [-0.4, -0.2) is 0 Å². The molecule has 5 N–H and O–H groups in total. The highest BCUT2D eigenvalue weighted by atomic mass is 35.5. The first-order chi connectivity index (χ1) is 8.06. The third kappa shape index (κ3) is 2.63. The van der Waals surface area contributed by atoms with Crippen LogP contribution in [0.15, 0.2) is 36.4 Å². The largest absolute Gasteiger partial charge is 0.397 e. The van der Waals surface area contributed by atoms with E-state index in [-0.39, 0.29) is 0 Å². The van der Waals surface area contributed by atoms with Crippen LogP contribution in [0.1, 0.15) is 5.56 Å². The molecule has 0 atom stereocenters. The molecule has 0 fully saturated rings. The number of aryl methyl sites for hydroxylation is 1. The average molecular weight is 248 g/mol. The number of halogens is 1. The van der Waals surface area contributed by atoms with E-state index in [2.05, 4.69) is 5.32 Å². The molecule has 0 aliphatic heterocycles. The van der Waals surface area contributed by atoms with Crippen LogP contribution in [0.25, 0.3) is 0 Å². The second-order valence-corrected chi connectivity index (χ2v) is 4.34. The number of nitrogen functional groups attached to an aromatic ring is 2. The lowest BCUT2D eigenvalue weighted by Gasteiger charge is -2.09. The molecule has 2 rings (SSSR count). The van der Waals surface area contributed by atoms with Gasteiger partial charge in [-0.3, -0.25) is 0 Å². The summed E-state index contributed by atoms with van der Waals surface area (Å²) in [5, 5.41) is 3.95. The predicted octanol–water partition coefficient (Wildman–Crippen LogP) is 3.56. The fourth-order valence-electron chi connectivity index (χ4n) is 1.49. The molecule has 0 saturated carbocycles. The Morgan fingerprint density at radius 3 is 2.24 bits per heavy atom. The predicted molar refractivity (Wildman–Crippen MR) is 74.7 cm³/mol. The van der Waals surface area contributed by atoms with E-state index >= 15 is 0 Å². The van der Waals surface area contributed by atoms with Gasteiger partial charge in [0, 0.05) is 16.4 Å². The summed E-state index contributed by atoms with van der Waals surface area (Å²) in [6.45, 7) is 1.97. The summed E-state index contributed by atoms with van der Waals surface area (Å²) in [6.07, 6.45) is 0. The monoisotopic (exact) mass is 247 g/mol. The molecular formula is C13H14ClN3. The number of hydrogen-bond acceptors (Lipinski definition) is 3.